The minimum Gasteiger partial charge on any atom is -0.393 e. The average molecular weight is 222 g/mol. The molecule has 0 spiro atoms. The zero-order chi connectivity index (χ0) is 11.5. The van der Waals surface area contributed by atoms with E-state index in [0.29, 0.717) is 12.2 Å². The van der Waals surface area contributed by atoms with Crippen LogP contribution >= 0.6 is 0 Å². The molecule has 1 amide bonds. The van der Waals surface area contributed by atoms with Gasteiger partial charge in [-0.15, -0.1) is 0 Å². The maximum atomic E-state index is 11.1. The molecule has 86 valence electrons. The van der Waals surface area contributed by atoms with Crippen LogP contribution in [0.15, 0.2) is 12.5 Å². The lowest BCUT2D eigenvalue weighted by Gasteiger charge is -2.14. The minimum atomic E-state index is -0.554. The van der Waals surface area contributed by atoms with Crippen LogP contribution in [0, 0.1) is 0 Å². The highest BCUT2D eigenvalue weighted by Crippen LogP contribution is 2.23. The van der Waals surface area contributed by atoms with Crippen molar-refractivity contribution in [1.82, 2.24) is 9.97 Å². The quantitative estimate of drug-likeness (QED) is 0.663. The lowest BCUT2D eigenvalue weighted by molar-refractivity contribution is 0.100. The Balaban J connectivity index is 2.12. The van der Waals surface area contributed by atoms with Gasteiger partial charge in [0.1, 0.15) is 12.1 Å². The Hall–Kier alpha value is -1.69. The number of aromatic nitrogens is 2. The summed E-state index contributed by atoms with van der Waals surface area (Å²) >= 11 is 0. The number of aliphatic hydroxyl groups excluding tert-OH is 1. The number of rotatable bonds is 3. The minimum absolute atomic E-state index is 0.142. The Morgan fingerprint density at radius 3 is 3.00 bits per heavy atom. The van der Waals surface area contributed by atoms with Crippen LogP contribution in [0.2, 0.25) is 0 Å². The molecule has 6 heteroatoms. The number of carbonyl (C=O) groups excluding carboxylic acids is 1. The standard InChI is InChI=1S/C10H14N4O2/c11-9(16)8-4-12-5-13-10(8)14-6-1-2-7(15)3-6/h4-7,15H,1-3H2,(H2,11,16)(H,12,13,14)/t6-,7+/m1/s1. The Kier molecular flexibility index (Phi) is 3.00. The molecule has 6 nitrogen and oxygen atoms in total. The van der Waals surface area contributed by atoms with Gasteiger partial charge in [0.15, 0.2) is 0 Å². The highest BCUT2D eigenvalue weighted by Gasteiger charge is 2.24. The molecule has 1 saturated carbocycles. The van der Waals surface area contributed by atoms with Crippen LogP contribution in [0.25, 0.3) is 0 Å². The van der Waals surface area contributed by atoms with Crippen molar-refractivity contribution in [3.8, 4) is 0 Å². The molecule has 0 radical (unpaired) electrons. The predicted molar refractivity (Wildman–Crippen MR) is 57.8 cm³/mol. The number of anilines is 1. The summed E-state index contributed by atoms with van der Waals surface area (Å²) in [4.78, 5) is 18.9. The van der Waals surface area contributed by atoms with Gasteiger partial charge in [-0.25, -0.2) is 9.97 Å². The molecule has 0 unspecified atom stereocenters. The molecule has 0 aliphatic heterocycles. The van der Waals surface area contributed by atoms with Crippen LogP contribution in [0.3, 0.4) is 0 Å². The Morgan fingerprint density at radius 2 is 2.38 bits per heavy atom. The fourth-order valence-corrected chi connectivity index (χ4v) is 1.91. The fourth-order valence-electron chi connectivity index (χ4n) is 1.91. The molecular weight excluding hydrogens is 208 g/mol. The number of hydrogen-bond donors (Lipinski definition) is 3. The summed E-state index contributed by atoms with van der Waals surface area (Å²) in [6.45, 7) is 0. The van der Waals surface area contributed by atoms with E-state index >= 15 is 0 Å². The topological polar surface area (TPSA) is 101 Å². The zero-order valence-electron chi connectivity index (χ0n) is 8.76. The van der Waals surface area contributed by atoms with E-state index in [4.69, 9.17) is 5.73 Å². The third-order valence-electron chi connectivity index (χ3n) is 2.72. The molecule has 0 bridgehead atoms. The van der Waals surface area contributed by atoms with Gasteiger partial charge in [0.05, 0.1) is 11.7 Å². The number of carbonyl (C=O) groups is 1. The number of nitrogens with zero attached hydrogens (tertiary/aromatic N) is 2. The summed E-state index contributed by atoms with van der Waals surface area (Å²) in [6, 6.07) is 0.142. The van der Waals surface area contributed by atoms with E-state index in [9.17, 15) is 9.90 Å². The van der Waals surface area contributed by atoms with Gasteiger partial charge in [0.2, 0.25) is 0 Å². The SMILES string of the molecule is NC(=O)c1cncnc1N[C@@H]1CC[C@H](O)C1. The van der Waals surface area contributed by atoms with E-state index < -0.39 is 5.91 Å². The van der Waals surface area contributed by atoms with Gasteiger partial charge in [-0.1, -0.05) is 0 Å². The summed E-state index contributed by atoms with van der Waals surface area (Å²) < 4.78 is 0. The fraction of sp³-hybridized carbons (Fsp3) is 0.500. The first-order valence-corrected chi connectivity index (χ1v) is 5.21. The summed E-state index contributed by atoms with van der Waals surface area (Å²) in [7, 11) is 0. The third kappa shape index (κ3) is 2.27. The second kappa shape index (κ2) is 4.44. The van der Waals surface area contributed by atoms with E-state index in [1.54, 1.807) is 0 Å². The van der Waals surface area contributed by atoms with Crippen molar-refractivity contribution >= 4 is 11.7 Å². The number of hydrogen-bond acceptors (Lipinski definition) is 5. The second-order valence-electron chi connectivity index (χ2n) is 3.96. The van der Waals surface area contributed by atoms with Crippen molar-refractivity contribution in [3.05, 3.63) is 18.1 Å². The van der Waals surface area contributed by atoms with Crippen LogP contribution in [0.5, 0.6) is 0 Å². The van der Waals surface area contributed by atoms with Crippen LogP contribution in [-0.4, -0.2) is 33.1 Å². The maximum absolute atomic E-state index is 11.1. The van der Waals surface area contributed by atoms with Gasteiger partial charge >= 0.3 is 0 Å². The van der Waals surface area contributed by atoms with E-state index in [1.807, 2.05) is 0 Å². The molecule has 1 aliphatic carbocycles. The first-order valence-electron chi connectivity index (χ1n) is 5.21. The van der Waals surface area contributed by atoms with Gasteiger partial charge in [-0.3, -0.25) is 4.79 Å². The first-order chi connectivity index (χ1) is 7.66. The van der Waals surface area contributed by atoms with Gasteiger partial charge in [0.25, 0.3) is 5.91 Å². The number of primary amides is 1. The van der Waals surface area contributed by atoms with Crippen molar-refractivity contribution in [3.63, 3.8) is 0 Å². The molecule has 2 rings (SSSR count). The average Bonchev–Trinajstić information content (AvgIpc) is 2.64. The molecule has 2 atom stereocenters. The third-order valence-corrected chi connectivity index (χ3v) is 2.72. The number of nitrogens with two attached hydrogens (primary N) is 1. The summed E-state index contributed by atoms with van der Waals surface area (Å²) in [5, 5.41) is 12.5. The molecular formula is C10H14N4O2. The molecule has 1 aromatic rings. The first kappa shape index (κ1) is 10.8. The Morgan fingerprint density at radius 1 is 1.56 bits per heavy atom. The number of nitrogens with one attached hydrogen (secondary N) is 1. The van der Waals surface area contributed by atoms with Crippen molar-refractivity contribution in [1.29, 1.82) is 0 Å². The van der Waals surface area contributed by atoms with E-state index in [1.165, 1.54) is 12.5 Å². The summed E-state index contributed by atoms with van der Waals surface area (Å²) in [6.07, 6.45) is 4.79. The highest BCUT2D eigenvalue weighted by atomic mass is 16.3. The van der Waals surface area contributed by atoms with E-state index in [-0.39, 0.29) is 17.7 Å². The van der Waals surface area contributed by atoms with Gasteiger partial charge < -0.3 is 16.2 Å². The molecule has 1 fully saturated rings. The lowest BCUT2D eigenvalue weighted by Crippen LogP contribution is -2.22. The van der Waals surface area contributed by atoms with Crippen molar-refractivity contribution in [2.45, 2.75) is 31.4 Å². The molecule has 1 heterocycles. The van der Waals surface area contributed by atoms with Gasteiger partial charge in [-0.2, -0.15) is 0 Å². The Bertz CT molecular complexity index is 396. The van der Waals surface area contributed by atoms with Crippen molar-refractivity contribution in [2.24, 2.45) is 5.73 Å². The monoisotopic (exact) mass is 222 g/mol. The van der Waals surface area contributed by atoms with Gasteiger partial charge in [-0.05, 0) is 19.3 Å². The number of amides is 1. The highest BCUT2D eigenvalue weighted by molar-refractivity contribution is 5.97. The second-order valence-corrected chi connectivity index (χ2v) is 3.96. The smallest absolute Gasteiger partial charge is 0.254 e. The summed E-state index contributed by atoms with van der Waals surface area (Å²) in [5.74, 6) is -0.108. The van der Waals surface area contributed by atoms with Gasteiger partial charge in [0, 0.05) is 12.2 Å². The molecule has 1 aromatic heterocycles. The molecule has 0 aromatic carbocycles. The molecule has 16 heavy (non-hydrogen) atoms. The molecule has 1 aliphatic rings. The normalized spacial score (nSPS) is 24.3. The lowest BCUT2D eigenvalue weighted by atomic mass is 10.2. The number of aliphatic hydroxyl groups is 1. The van der Waals surface area contributed by atoms with Crippen LogP contribution in [-0.2, 0) is 0 Å². The van der Waals surface area contributed by atoms with E-state index in [0.717, 1.165) is 12.8 Å². The van der Waals surface area contributed by atoms with Crippen molar-refractivity contribution in [2.75, 3.05) is 5.32 Å². The van der Waals surface area contributed by atoms with Crippen LogP contribution in [0.1, 0.15) is 29.6 Å². The van der Waals surface area contributed by atoms with E-state index in [2.05, 4.69) is 15.3 Å². The van der Waals surface area contributed by atoms with Crippen LogP contribution in [0.4, 0.5) is 5.82 Å². The summed E-state index contributed by atoms with van der Waals surface area (Å²) in [5.41, 5.74) is 5.49. The van der Waals surface area contributed by atoms with Crippen LogP contribution < -0.4 is 11.1 Å². The zero-order valence-corrected chi connectivity index (χ0v) is 8.76. The van der Waals surface area contributed by atoms with Crippen molar-refractivity contribution < 1.29 is 9.90 Å². The molecule has 0 saturated heterocycles. The predicted octanol–water partition coefficient (Wildman–Crippen LogP) is -0.0992. The Labute approximate surface area is 92.9 Å². The largest absolute Gasteiger partial charge is 0.393 e. The molecule has 4 N–H and O–H groups in total. The maximum Gasteiger partial charge on any atom is 0.254 e.